The second-order valence-electron chi connectivity index (χ2n) is 8.37. The SMILES string of the molecule is CC1CC(=O)Nc2ccccc2N1C(=O)CN1C(=O)NC(Cc2c[nH]c3ccccc23)C1=O. The summed E-state index contributed by atoms with van der Waals surface area (Å²) >= 11 is 0. The average molecular weight is 445 g/mol. The first-order chi connectivity index (χ1) is 15.9. The summed E-state index contributed by atoms with van der Waals surface area (Å²) in [5.74, 6) is -1.06. The molecule has 9 nitrogen and oxygen atoms in total. The van der Waals surface area contributed by atoms with Crippen LogP contribution < -0.4 is 15.5 Å². The fraction of sp³-hybridized carbons (Fsp3) is 0.250. The molecule has 33 heavy (non-hydrogen) atoms. The summed E-state index contributed by atoms with van der Waals surface area (Å²) in [5.41, 5.74) is 2.93. The lowest BCUT2D eigenvalue weighted by atomic mass is 10.1. The van der Waals surface area contributed by atoms with Crippen molar-refractivity contribution in [2.75, 3.05) is 16.8 Å². The van der Waals surface area contributed by atoms with E-state index >= 15 is 0 Å². The lowest BCUT2D eigenvalue weighted by Crippen LogP contribution is -2.47. The van der Waals surface area contributed by atoms with E-state index in [2.05, 4.69) is 15.6 Å². The van der Waals surface area contributed by atoms with Gasteiger partial charge in [-0.25, -0.2) is 4.79 Å². The average Bonchev–Trinajstić information content (AvgIpc) is 3.26. The molecule has 5 amide bonds. The first kappa shape index (κ1) is 20.7. The van der Waals surface area contributed by atoms with Crippen molar-refractivity contribution in [2.45, 2.75) is 31.8 Å². The Labute approximate surface area is 189 Å². The van der Waals surface area contributed by atoms with Crippen molar-refractivity contribution in [3.8, 4) is 0 Å². The maximum atomic E-state index is 13.3. The molecule has 168 valence electrons. The zero-order chi connectivity index (χ0) is 23.1. The van der Waals surface area contributed by atoms with Gasteiger partial charge >= 0.3 is 6.03 Å². The van der Waals surface area contributed by atoms with Crippen molar-refractivity contribution >= 4 is 46.0 Å². The smallest absolute Gasteiger partial charge is 0.325 e. The van der Waals surface area contributed by atoms with Crippen LogP contribution in [0.25, 0.3) is 10.9 Å². The van der Waals surface area contributed by atoms with Gasteiger partial charge in [-0.3, -0.25) is 19.3 Å². The number of hydrogen-bond acceptors (Lipinski definition) is 4. The van der Waals surface area contributed by atoms with E-state index in [9.17, 15) is 19.2 Å². The van der Waals surface area contributed by atoms with Gasteiger partial charge < -0.3 is 20.5 Å². The third-order valence-electron chi connectivity index (χ3n) is 6.13. The molecule has 2 aromatic carbocycles. The third-order valence-corrected chi connectivity index (χ3v) is 6.13. The number of imide groups is 1. The van der Waals surface area contributed by atoms with Crippen LogP contribution in [0.1, 0.15) is 18.9 Å². The summed E-state index contributed by atoms with van der Waals surface area (Å²) < 4.78 is 0. The first-order valence-electron chi connectivity index (χ1n) is 10.8. The quantitative estimate of drug-likeness (QED) is 0.535. The lowest BCUT2D eigenvalue weighted by Gasteiger charge is -2.29. The minimum absolute atomic E-state index is 0.115. The van der Waals surface area contributed by atoms with Crippen LogP contribution in [0.4, 0.5) is 16.2 Å². The minimum Gasteiger partial charge on any atom is -0.361 e. The first-order valence-corrected chi connectivity index (χ1v) is 10.8. The highest BCUT2D eigenvalue weighted by molar-refractivity contribution is 6.10. The molecule has 0 spiro atoms. The second kappa shape index (κ2) is 8.09. The number of anilines is 2. The molecule has 3 N–H and O–H groups in total. The largest absolute Gasteiger partial charge is 0.361 e. The number of urea groups is 1. The van der Waals surface area contributed by atoms with Crippen molar-refractivity contribution in [2.24, 2.45) is 0 Å². The number of aromatic nitrogens is 1. The number of carbonyl (C=O) groups is 4. The van der Waals surface area contributed by atoms with Crippen molar-refractivity contribution in [3.05, 3.63) is 60.3 Å². The molecule has 0 saturated carbocycles. The van der Waals surface area contributed by atoms with Crippen LogP contribution in [0.2, 0.25) is 0 Å². The van der Waals surface area contributed by atoms with Crippen LogP contribution in [-0.2, 0) is 20.8 Å². The molecule has 0 radical (unpaired) electrons. The number of carbonyl (C=O) groups excluding carboxylic acids is 4. The number of benzene rings is 2. The van der Waals surface area contributed by atoms with Crippen molar-refractivity contribution in [3.63, 3.8) is 0 Å². The number of nitrogens with zero attached hydrogens (tertiary/aromatic N) is 2. The van der Waals surface area contributed by atoms with Crippen LogP contribution in [0, 0.1) is 0 Å². The summed E-state index contributed by atoms with van der Waals surface area (Å²) in [6.07, 6.45) is 2.27. The van der Waals surface area contributed by atoms with Gasteiger partial charge in [-0.2, -0.15) is 0 Å². The van der Waals surface area contributed by atoms with Gasteiger partial charge in [0.1, 0.15) is 12.6 Å². The zero-order valence-electron chi connectivity index (χ0n) is 18.0. The predicted molar refractivity (Wildman–Crippen MR) is 123 cm³/mol. The molecule has 1 aromatic heterocycles. The van der Waals surface area contributed by atoms with Crippen LogP contribution in [0.3, 0.4) is 0 Å². The molecule has 3 aromatic rings. The Balaban J connectivity index is 1.35. The van der Waals surface area contributed by atoms with Gasteiger partial charge in [0.2, 0.25) is 11.8 Å². The van der Waals surface area contributed by atoms with Gasteiger partial charge in [-0.15, -0.1) is 0 Å². The number of H-pyrrole nitrogens is 1. The van der Waals surface area contributed by atoms with E-state index in [1.807, 2.05) is 30.5 Å². The third kappa shape index (κ3) is 3.71. The van der Waals surface area contributed by atoms with Crippen LogP contribution >= 0.6 is 0 Å². The van der Waals surface area contributed by atoms with E-state index in [0.29, 0.717) is 17.8 Å². The maximum absolute atomic E-state index is 13.3. The van der Waals surface area contributed by atoms with Gasteiger partial charge in [0, 0.05) is 36.0 Å². The van der Waals surface area contributed by atoms with Crippen LogP contribution in [0.15, 0.2) is 54.7 Å². The van der Waals surface area contributed by atoms with Gasteiger partial charge in [-0.05, 0) is 30.7 Å². The normalized spacial score (nSPS) is 20.5. The Bertz CT molecular complexity index is 1280. The molecule has 9 heteroatoms. The maximum Gasteiger partial charge on any atom is 0.325 e. The van der Waals surface area contributed by atoms with E-state index in [4.69, 9.17) is 0 Å². The standard InChI is InChI=1S/C24H23N5O4/c1-14-10-21(30)26-18-8-4-5-9-20(18)29(14)22(31)13-28-23(32)19(27-24(28)33)11-15-12-25-17-7-3-2-6-16(15)17/h2-9,12,14,19,25H,10-11,13H2,1H3,(H,26,30)(H,27,33). The van der Waals surface area contributed by atoms with E-state index in [-0.39, 0.29) is 12.3 Å². The van der Waals surface area contributed by atoms with E-state index < -0.39 is 36.5 Å². The second-order valence-corrected chi connectivity index (χ2v) is 8.37. The molecule has 0 bridgehead atoms. The number of hydrogen-bond donors (Lipinski definition) is 3. The zero-order valence-corrected chi connectivity index (χ0v) is 18.0. The number of nitrogens with one attached hydrogen (secondary N) is 3. The summed E-state index contributed by atoms with van der Waals surface area (Å²) in [4.78, 5) is 56.7. The summed E-state index contributed by atoms with van der Waals surface area (Å²) in [7, 11) is 0. The predicted octanol–water partition coefficient (Wildman–Crippen LogP) is 2.39. The molecular formula is C24H23N5O4. The Kier molecular flexibility index (Phi) is 5.08. The minimum atomic E-state index is -0.749. The Morgan fingerprint density at radius 2 is 1.82 bits per heavy atom. The molecule has 0 aliphatic carbocycles. The van der Waals surface area contributed by atoms with Gasteiger partial charge in [0.05, 0.1) is 11.4 Å². The molecule has 1 fully saturated rings. The van der Waals surface area contributed by atoms with E-state index in [1.54, 1.807) is 31.2 Å². The number of aromatic amines is 1. The fourth-order valence-corrected chi connectivity index (χ4v) is 4.56. The van der Waals surface area contributed by atoms with Crippen LogP contribution in [0.5, 0.6) is 0 Å². The highest BCUT2D eigenvalue weighted by atomic mass is 16.2. The molecule has 2 atom stereocenters. The molecule has 5 rings (SSSR count). The topological polar surface area (TPSA) is 115 Å². The molecule has 3 heterocycles. The van der Waals surface area contributed by atoms with Gasteiger partial charge in [-0.1, -0.05) is 30.3 Å². The van der Waals surface area contributed by atoms with Gasteiger partial charge in [0.25, 0.3) is 5.91 Å². The fourth-order valence-electron chi connectivity index (χ4n) is 4.56. The van der Waals surface area contributed by atoms with E-state index in [0.717, 1.165) is 21.4 Å². The lowest BCUT2D eigenvalue weighted by molar-refractivity contribution is -0.131. The number of fused-ring (bicyclic) bond motifs is 2. The summed E-state index contributed by atoms with van der Waals surface area (Å²) in [5, 5.41) is 6.49. The van der Waals surface area contributed by atoms with Crippen LogP contribution in [-0.4, -0.2) is 52.3 Å². The van der Waals surface area contributed by atoms with Crippen molar-refractivity contribution in [1.82, 2.24) is 15.2 Å². The molecule has 2 unspecified atom stereocenters. The number of rotatable bonds is 4. The molecule has 2 aliphatic heterocycles. The van der Waals surface area contributed by atoms with Crippen molar-refractivity contribution in [1.29, 1.82) is 0 Å². The molecular weight excluding hydrogens is 422 g/mol. The summed E-state index contributed by atoms with van der Waals surface area (Å²) in [6.45, 7) is 1.37. The van der Waals surface area contributed by atoms with Gasteiger partial charge in [0.15, 0.2) is 0 Å². The highest BCUT2D eigenvalue weighted by Gasteiger charge is 2.41. The Morgan fingerprint density at radius 1 is 1.06 bits per heavy atom. The molecule has 1 saturated heterocycles. The van der Waals surface area contributed by atoms with E-state index in [1.165, 1.54) is 4.90 Å². The number of amides is 5. The van der Waals surface area contributed by atoms with Crippen molar-refractivity contribution < 1.29 is 19.2 Å². The monoisotopic (exact) mass is 445 g/mol. The summed E-state index contributed by atoms with van der Waals surface area (Å²) in [6, 6.07) is 13.0. The highest BCUT2D eigenvalue weighted by Crippen LogP contribution is 2.31. The molecule has 2 aliphatic rings. The Morgan fingerprint density at radius 3 is 2.67 bits per heavy atom. The number of para-hydroxylation sites is 3. The Hall–Kier alpha value is -4.14.